The molecule has 1 unspecified atom stereocenters. The van der Waals surface area contributed by atoms with Crippen LogP contribution in [0.25, 0.3) is 38.7 Å². The molecule has 7 amide bonds. The Hall–Kier alpha value is -10.3. The SMILES string of the molecule is CO[C@H]1/C=C/O[C@@]2(C)Oc3c(C)c(O)c4c(=O)c(c5oc6cc(N7CCN(C(=O)OCc8ccc(NC(=O)[C@H](CCCNC(N)=O)CC(=O)C9(C(=O)CCCCCCN%10C(=O)CC(C)C%10=O)CCC9)cc8)CC7)cc(=O)c6nc5c4c3=C2O)NC(=O)/C(C)=C\C=C\[C@H](C)[C@H](O)[C@@H](C)[C@@H](O)[C@@H](C)[C@H](OC(C)=O)[C@@H]1C. The second-order valence-corrected chi connectivity index (χ2v) is 29.5. The molecule has 11 atom stereocenters. The number of ether oxygens (including phenoxy) is 5. The molecule has 10 rings (SSSR count). The first-order valence-electron chi connectivity index (χ1n) is 36.9. The molecule has 9 N–H and O–H groups in total. The van der Waals surface area contributed by atoms with Gasteiger partial charge in [-0.3, -0.25) is 48.1 Å². The number of anilines is 3. The maximum absolute atomic E-state index is 15.2. The maximum atomic E-state index is 15.2. The number of aliphatic hydroxyl groups is 3. The number of nitrogens with two attached hydrogens (primary N) is 1. The van der Waals surface area contributed by atoms with E-state index in [1.807, 2.05) is 4.90 Å². The largest absolute Gasteiger partial charge is 0.507 e. The fraction of sp³-hybridized carbons (Fsp3) is 0.519. The number of likely N-dealkylation sites (tertiary alicyclic amines) is 1. The monoisotopic (exact) mass is 1490 g/mol. The summed E-state index contributed by atoms with van der Waals surface area (Å²) in [6, 6.07) is 8.70. The average molecular weight is 1500 g/mol. The number of imide groups is 1. The zero-order chi connectivity index (χ0) is 78.4. The van der Waals surface area contributed by atoms with E-state index in [0.717, 1.165) is 0 Å². The van der Waals surface area contributed by atoms with Crippen LogP contribution in [0.2, 0.25) is 0 Å². The number of amides is 7. The molecule has 1 saturated carbocycles. The van der Waals surface area contributed by atoms with Crippen LogP contribution in [0.4, 0.5) is 26.7 Å². The number of rotatable bonds is 22. The van der Waals surface area contributed by atoms with Crippen molar-refractivity contribution in [2.24, 2.45) is 46.7 Å². The summed E-state index contributed by atoms with van der Waals surface area (Å²) >= 11 is 0. The summed E-state index contributed by atoms with van der Waals surface area (Å²) in [6.07, 6.45) is 7.28. The van der Waals surface area contributed by atoms with E-state index in [0.29, 0.717) is 74.8 Å². The Morgan fingerprint density at radius 2 is 1.55 bits per heavy atom. The minimum absolute atomic E-state index is 0.0117. The molecule has 3 fully saturated rings. The van der Waals surface area contributed by atoms with Crippen LogP contribution in [-0.4, -0.2) is 165 Å². The van der Waals surface area contributed by atoms with E-state index in [2.05, 4.69) is 16.0 Å². The highest BCUT2D eigenvalue weighted by Crippen LogP contribution is 2.47. The summed E-state index contributed by atoms with van der Waals surface area (Å²) in [5.41, 5.74) is 2.46. The number of phenols is 1. The van der Waals surface area contributed by atoms with E-state index in [1.165, 1.54) is 81.2 Å². The molecule has 5 heterocycles. The number of urea groups is 1. The highest BCUT2D eigenvalue weighted by atomic mass is 16.7. The van der Waals surface area contributed by atoms with Gasteiger partial charge in [-0.15, -0.1) is 0 Å². The molecule has 0 spiro atoms. The van der Waals surface area contributed by atoms with Gasteiger partial charge in [0.1, 0.15) is 47.0 Å². The van der Waals surface area contributed by atoms with Crippen molar-refractivity contribution in [3.05, 3.63) is 109 Å². The molecule has 580 valence electrons. The number of esters is 1. The number of primary amides is 1. The number of carbonyl (C=O) groups excluding carboxylic acids is 9. The van der Waals surface area contributed by atoms with Crippen LogP contribution in [0.5, 0.6) is 11.5 Å². The number of hydrogen-bond donors (Lipinski definition) is 8. The molecule has 29 nitrogen and oxygen atoms in total. The number of Topliss-reactive ketones (excluding diaryl/α,β-unsaturated/α-hetero) is 2. The van der Waals surface area contributed by atoms with Crippen molar-refractivity contribution >= 4 is 109 Å². The first-order chi connectivity index (χ1) is 51.3. The minimum atomic E-state index is -2.07. The Balaban J connectivity index is 0.838. The molecule has 5 aromatic rings. The number of aromatic nitrogens is 1. The van der Waals surface area contributed by atoms with Crippen LogP contribution in [0.1, 0.15) is 144 Å². The van der Waals surface area contributed by atoms with Gasteiger partial charge in [0.25, 0.3) is 5.91 Å². The molecule has 4 bridgehead atoms. The molecule has 29 heteroatoms. The number of benzene rings is 4. The number of ketones is 2. The quantitative estimate of drug-likeness (QED) is 0.00810. The Labute approximate surface area is 623 Å². The number of carbonyl (C=O) groups is 9. The fourth-order valence-electron chi connectivity index (χ4n) is 15.2. The van der Waals surface area contributed by atoms with Crippen LogP contribution in [0.15, 0.2) is 86.5 Å². The standard InChI is InChI=1S/C79H98N8O21/c1-41-18-15-19-42(2)73(98)84-64-68(96)60-59(61-70(47(7)67(60)95)108-78(9,72(61)97)105-35-26-54(103-10)44(4)69(106-48(8)88)46(6)66(94)45(5)65(41)93)63-71(64)107-55-39-52(38-53(89)62(55)83-63)85-31-33-86(34-32-85)77(102)104-40-49-22-24-51(25-23-49)82-74(99)50(20-16-29-81-76(80)101)37-57(91)79(27-17-28-79)56(90)21-13-11-12-14-30-87-58(92)36-43(3)75(87)100/h15,18-19,22-26,35,38-39,41,43-46,50,54,65-66,69,93-95,97H,11-14,16-17,20-21,27-34,36-37,40H2,1-10H3,(H,82,99)(H,84,98)(H3,80,81,101)/b18-15+,35-26+,42-19-/t41-,43?,44+,45+,46+,50+,54-,65-,66+,69+,78-/m0/s1. The number of hydrogen-bond acceptors (Lipinski definition) is 23. The van der Waals surface area contributed by atoms with Crippen molar-refractivity contribution < 1.29 is 91.7 Å². The smallest absolute Gasteiger partial charge is 0.410 e. The number of nitrogens with one attached hydrogen (secondary N) is 3. The third-order valence-electron chi connectivity index (χ3n) is 22.0. The Morgan fingerprint density at radius 3 is 2.19 bits per heavy atom. The van der Waals surface area contributed by atoms with Gasteiger partial charge in [0.2, 0.25) is 28.6 Å². The van der Waals surface area contributed by atoms with Gasteiger partial charge in [-0.25, -0.2) is 14.6 Å². The number of unbranched alkanes of at least 4 members (excludes halogenated alkanes) is 3. The van der Waals surface area contributed by atoms with E-state index >= 15 is 4.79 Å². The summed E-state index contributed by atoms with van der Waals surface area (Å²) in [5, 5.41) is 55.0. The minimum Gasteiger partial charge on any atom is -0.507 e. The van der Waals surface area contributed by atoms with Crippen LogP contribution >= 0.6 is 0 Å². The number of methoxy groups -OCH3 is 1. The van der Waals surface area contributed by atoms with Crippen molar-refractivity contribution in [3.8, 4) is 11.5 Å². The molecule has 4 aromatic carbocycles. The molecular weight excluding hydrogens is 1400 g/mol. The lowest BCUT2D eigenvalue weighted by atomic mass is 9.61. The Morgan fingerprint density at radius 1 is 0.843 bits per heavy atom. The molecular formula is C79H98N8O21. The highest BCUT2D eigenvalue weighted by molar-refractivity contribution is 6.17. The van der Waals surface area contributed by atoms with Crippen LogP contribution in [-0.2, 0) is 59.1 Å². The lowest BCUT2D eigenvalue weighted by Gasteiger charge is -2.39. The number of fused-ring (bicyclic) bond motifs is 2. The van der Waals surface area contributed by atoms with Gasteiger partial charge < -0.3 is 80.0 Å². The zero-order valence-electron chi connectivity index (χ0n) is 62.7. The van der Waals surface area contributed by atoms with Gasteiger partial charge >= 0.3 is 23.9 Å². The highest BCUT2D eigenvalue weighted by Gasteiger charge is 2.50. The Kier molecular flexibility index (Phi) is 25.2. The summed E-state index contributed by atoms with van der Waals surface area (Å²) in [6.45, 7) is 15.2. The number of aliphatic hydroxyl groups excluding tert-OH is 3. The molecule has 1 aliphatic carbocycles. The van der Waals surface area contributed by atoms with Gasteiger partial charge in [-0.1, -0.05) is 84.2 Å². The van der Waals surface area contributed by atoms with E-state index < -0.39 is 129 Å². The number of nitrogens with zero attached hydrogens (tertiary/aromatic N) is 4. The van der Waals surface area contributed by atoms with E-state index in [-0.39, 0.29) is 144 Å². The summed E-state index contributed by atoms with van der Waals surface area (Å²) < 4.78 is 36.4. The van der Waals surface area contributed by atoms with Crippen LogP contribution in [0, 0.1) is 47.8 Å². The maximum Gasteiger partial charge on any atom is 0.410 e. The first kappa shape index (κ1) is 80.3. The van der Waals surface area contributed by atoms with Crippen molar-refractivity contribution in [3.63, 3.8) is 0 Å². The Bertz CT molecular complexity index is 4620. The van der Waals surface area contributed by atoms with Crippen molar-refractivity contribution in [1.29, 1.82) is 0 Å². The first-order valence-corrected chi connectivity index (χ1v) is 36.9. The van der Waals surface area contributed by atoms with Crippen LogP contribution < -0.4 is 47.4 Å². The van der Waals surface area contributed by atoms with Gasteiger partial charge in [-0.05, 0) is 76.1 Å². The van der Waals surface area contributed by atoms with Gasteiger partial charge in [0.15, 0.2) is 22.4 Å². The second kappa shape index (κ2) is 33.9. The third kappa shape index (κ3) is 17.0. The van der Waals surface area contributed by atoms with Gasteiger partial charge in [0, 0.05) is 155 Å². The molecule has 0 radical (unpaired) electrons. The number of aromatic hydroxyl groups is 1. The molecule has 1 aromatic heterocycles. The molecule has 4 aliphatic heterocycles. The molecule has 2 saturated heterocycles. The van der Waals surface area contributed by atoms with Gasteiger partial charge in [0.05, 0.1) is 40.6 Å². The lowest BCUT2D eigenvalue weighted by Crippen LogP contribution is -2.49. The van der Waals surface area contributed by atoms with Gasteiger partial charge in [-0.2, -0.15) is 0 Å². The number of piperazine rings is 1. The topological polar surface area (TPSA) is 413 Å². The van der Waals surface area contributed by atoms with Crippen molar-refractivity contribution in [2.45, 2.75) is 176 Å². The van der Waals surface area contributed by atoms with Crippen LogP contribution in [0.3, 0.4) is 0 Å². The lowest BCUT2D eigenvalue weighted by molar-refractivity contribution is -0.160. The number of allylic oxidation sites excluding steroid dienone is 2. The van der Waals surface area contributed by atoms with Crippen molar-refractivity contribution in [1.82, 2.24) is 20.1 Å². The van der Waals surface area contributed by atoms with E-state index in [9.17, 15) is 68.4 Å². The zero-order valence-corrected chi connectivity index (χ0v) is 62.7. The summed E-state index contributed by atoms with van der Waals surface area (Å²) in [7, 11) is 1.42. The molecule has 108 heavy (non-hydrogen) atoms. The fourth-order valence-corrected chi connectivity index (χ4v) is 15.2. The average Bonchev–Trinajstić information content (AvgIpc) is 1.41. The molecule has 5 aliphatic rings. The predicted molar refractivity (Wildman–Crippen MR) is 399 cm³/mol. The van der Waals surface area contributed by atoms with Crippen molar-refractivity contribution in [2.75, 3.05) is 61.9 Å². The third-order valence-corrected chi connectivity index (χ3v) is 22.0. The summed E-state index contributed by atoms with van der Waals surface area (Å²) in [4.78, 5) is 157. The number of phenolic OH excluding ortho intramolecular Hbond substituents is 1. The van der Waals surface area contributed by atoms with E-state index in [4.69, 9.17) is 38.8 Å². The van der Waals surface area contributed by atoms with E-state index in [1.54, 1.807) is 65.0 Å². The normalized spacial score (nSPS) is 25.4. The second-order valence-electron chi connectivity index (χ2n) is 29.5. The predicted octanol–water partition coefficient (Wildman–Crippen LogP) is 8.07. The summed E-state index contributed by atoms with van der Waals surface area (Å²) in [5.74, 6) is -10.0.